The van der Waals surface area contributed by atoms with E-state index in [2.05, 4.69) is 35.9 Å². The first kappa shape index (κ1) is 24.9. The molecule has 1 fully saturated rings. The maximum absolute atomic E-state index is 12.9. The van der Waals surface area contributed by atoms with E-state index in [-0.39, 0.29) is 11.5 Å². The summed E-state index contributed by atoms with van der Waals surface area (Å²) in [6, 6.07) is -3.60. The summed E-state index contributed by atoms with van der Waals surface area (Å²) < 4.78 is 0. The average Bonchev–Trinajstić information content (AvgIpc) is 3.17. The largest absolute Gasteiger partial charge is 0.480 e. The molecule has 0 aliphatic carbocycles. The third kappa shape index (κ3) is 7.05. The van der Waals surface area contributed by atoms with Gasteiger partial charge in [-0.1, -0.05) is 0 Å². The monoisotopic (exact) mass is 452 g/mol. The van der Waals surface area contributed by atoms with Gasteiger partial charge in [-0.25, -0.2) is 4.79 Å². The van der Waals surface area contributed by atoms with Gasteiger partial charge in [-0.05, 0) is 31.3 Å². The van der Waals surface area contributed by atoms with Crippen LogP contribution in [0.5, 0.6) is 0 Å². The van der Waals surface area contributed by atoms with Crippen LogP contribution in [0, 0.1) is 0 Å². The number of rotatable bonds is 11. The molecule has 0 spiro atoms. The summed E-state index contributed by atoms with van der Waals surface area (Å²) in [5, 5.41) is 14.4. The summed E-state index contributed by atoms with van der Waals surface area (Å²) in [4.78, 5) is 50.1. The van der Waals surface area contributed by atoms with Crippen LogP contribution in [0.15, 0.2) is 0 Å². The van der Waals surface area contributed by atoms with Crippen molar-refractivity contribution >= 4 is 60.7 Å². The second-order valence-electron chi connectivity index (χ2n) is 6.40. The molecule has 1 rings (SSSR count). The normalized spacial score (nSPS) is 19.6. The van der Waals surface area contributed by atoms with Gasteiger partial charge >= 0.3 is 5.97 Å². The number of hydrogen-bond donors (Lipinski definition) is 6. The molecule has 5 N–H and O–H groups in total. The second kappa shape index (κ2) is 12.5. The Bertz CT molecular complexity index is 580. The zero-order chi connectivity index (χ0) is 21.3. The molecule has 160 valence electrons. The van der Waals surface area contributed by atoms with Crippen LogP contribution < -0.4 is 16.4 Å². The highest BCUT2D eigenvalue weighted by Crippen LogP contribution is 2.19. The van der Waals surface area contributed by atoms with Gasteiger partial charge in [0.1, 0.15) is 18.1 Å². The highest BCUT2D eigenvalue weighted by molar-refractivity contribution is 7.98. The second-order valence-corrected chi connectivity index (χ2v) is 8.12. The number of thiol groups is 2. The van der Waals surface area contributed by atoms with Crippen molar-refractivity contribution in [3.8, 4) is 0 Å². The number of thioether (sulfide) groups is 1. The van der Waals surface area contributed by atoms with Crippen molar-refractivity contribution in [2.24, 2.45) is 5.73 Å². The van der Waals surface area contributed by atoms with Gasteiger partial charge < -0.3 is 26.4 Å². The van der Waals surface area contributed by atoms with Gasteiger partial charge in [0, 0.05) is 18.1 Å². The van der Waals surface area contributed by atoms with E-state index in [0.717, 1.165) is 0 Å². The first-order chi connectivity index (χ1) is 13.3. The lowest BCUT2D eigenvalue weighted by atomic mass is 10.1. The van der Waals surface area contributed by atoms with Crippen LogP contribution in [0.1, 0.15) is 19.3 Å². The van der Waals surface area contributed by atoms with Crippen LogP contribution in [0.25, 0.3) is 0 Å². The van der Waals surface area contributed by atoms with Crippen LogP contribution in [-0.4, -0.2) is 87.9 Å². The van der Waals surface area contributed by atoms with Crippen LogP contribution in [0.3, 0.4) is 0 Å². The van der Waals surface area contributed by atoms with Crippen LogP contribution in [-0.2, 0) is 19.2 Å². The zero-order valence-corrected chi connectivity index (χ0v) is 18.3. The van der Waals surface area contributed by atoms with Crippen molar-refractivity contribution < 1.29 is 24.3 Å². The molecule has 0 bridgehead atoms. The standard InChI is InChI=1S/C16H28N4O5S3/c1-28-6-4-10(15(23)20-5-2-3-12(20)16(24)25)18-14(22)11(8-27)19-13(21)9(17)7-26/h9-12,26-27H,2-8,17H2,1H3,(H,18,22)(H,19,21)(H,24,25)/t9-,10-,11-,12-/m0/s1. The Morgan fingerprint density at radius 3 is 2.36 bits per heavy atom. The molecule has 1 aliphatic rings. The molecule has 4 atom stereocenters. The minimum atomic E-state index is -1.05. The van der Waals surface area contributed by atoms with Gasteiger partial charge in [0.25, 0.3) is 0 Å². The van der Waals surface area contributed by atoms with E-state index in [9.17, 15) is 24.3 Å². The third-order valence-electron chi connectivity index (χ3n) is 4.40. The highest BCUT2D eigenvalue weighted by atomic mass is 32.2. The van der Waals surface area contributed by atoms with Gasteiger partial charge in [-0.15, -0.1) is 0 Å². The zero-order valence-electron chi connectivity index (χ0n) is 15.7. The smallest absolute Gasteiger partial charge is 0.326 e. The molecule has 1 aliphatic heterocycles. The van der Waals surface area contributed by atoms with Gasteiger partial charge in [-0.2, -0.15) is 37.0 Å². The Kier molecular flexibility index (Phi) is 11.1. The molecule has 0 saturated carbocycles. The molecule has 12 heteroatoms. The fourth-order valence-electron chi connectivity index (χ4n) is 2.81. The van der Waals surface area contributed by atoms with E-state index in [4.69, 9.17) is 5.73 Å². The number of nitrogens with one attached hydrogen (secondary N) is 2. The van der Waals surface area contributed by atoms with E-state index >= 15 is 0 Å². The topological polar surface area (TPSA) is 142 Å². The molecular formula is C16H28N4O5S3. The van der Waals surface area contributed by atoms with Crippen LogP contribution in [0.2, 0.25) is 0 Å². The molecule has 0 radical (unpaired) electrons. The summed E-state index contributed by atoms with van der Waals surface area (Å²) >= 11 is 9.54. The van der Waals surface area contributed by atoms with Gasteiger partial charge in [0.2, 0.25) is 17.7 Å². The molecule has 1 heterocycles. The minimum Gasteiger partial charge on any atom is -0.480 e. The molecular weight excluding hydrogens is 424 g/mol. The molecule has 28 heavy (non-hydrogen) atoms. The number of nitrogens with zero attached hydrogens (tertiary/aromatic N) is 1. The summed E-state index contributed by atoms with van der Waals surface area (Å²) in [6.45, 7) is 0.338. The molecule has 3 amide bonds. The molecule has 0 aromatic heterocycles. The van der Waals surface area contributed by atoms with E-state index in [1.54, 1.807) is 0 Å². The van der Waals surface area contributed by atoms with Crippen molar-refractivity contribution in [1.82, 2.24) is 15.5 Å². The number of carboxylic acid groups (broad SMARTS) is 1. The predicted octanol–water partition coefficient (Wildman–Crippen LogP) is -1.03. The van der Waals surface area contributed by atoms with Crippen molar-refractivity contribution in [1.29, 1.82) is 0 Å². The third-order valence-corrected chi connectivity index (χ3v) is 5.80. The van der Waals surface area contributed by atoms with Crippen molar-refractivity contribution in [3.63, 3.8) is 0 Å². The summed E-state index contributed by atoms with van der Waals surface area (Å²) in [7, 11) is 0. The Morgan fingerprint density at radius 1 is 1.18 bits per heavy atom. The summed E-state index contributed by atoms with van der Waals surface area (Å²) in [5.74, 6) is -1.85. The number of aliphatic carboxylic acids is 1. The lowest BCUT2D eigenvalue weighted by Crippen LogP contribution is -2.58. The summed E-state index contributed by atoms with van der Waals surface area (Å²) in [5.41, 5.74) is 5.60. The minimum absolute atomic E-state index is 0.0156. The van der Waals surface area contributed by atoms with Gasteiger partial charge in [-0.3, -0.25) is 14.4 Å². The molecule has 0 unspecified atom stereocenters. The first-order valence-electron chi connectivity index (χ1n) is 8.87. The Morgan fingerprint density at radius 2 is 1.82 bits per heavy atom. The van der Waals surface area contributed by atoms with Crippen molar-refractivity contribution in [3.05, 3.63) is 0 Å². The Hall–Kier alpha value is -1.11. The average molecular weight is 453 g/mol. The number of likely N-dealkylation sites (tertiary alicyclic amines) is 1. The number of carboxylic acids is 1. The molecule has 1 saturated heterocycles. The van der Waals surface area contributed by atoms with Crippen molar-refractivity contribution in [2.75, 3.05) is 30.1 Å². The fraction of sp³-hybridized carbons (Fsp3) is 0.750. The van der Waals surface area contributed by atoms with Crippen LogP contribution >= 0.6 is 37.0 Å². The lowest BCUT2D eigenvalue weighted by molar-refractivity contribution is -0.149. The predicted molar refractivity (Wildman–Crippen MR) is 115 cm³/mol. The number of carbonyl (C=O) groups is 4. The van der Waals surface area contributed by atoms with Gasteiger partial charge in [0.15, 0.2) is 0 Å². The SMILES string of the molecule is CSCC[C@H](NC(=O)[C@H](CS)NC(=O)[C@@H](N)CS)C(=O)N1CCC[C@H]1C(=O)O. The maximum atomic E-state index is 12.9. The molecule has 0 aromatic carbocycles. The number of amides is 3. The lowest BCUT2D eigenvalue weighted by Gasteiger charge is -2.28. The quantitative estimate of drug-likeness (QED) is 0.220. The van der Waals surface area contributed by atoms with E-state index in [1.165, 1.54) is 16.7 Å². The number of hydrogen-bond acceptors (Lipinski definition) is 8. The van der Waals surface area contributed by atoms with E-state index in [0.29, 0.717) is 31.6 Å². The molecule has 9 nitrogen and oxygen atoms in total. The van der Waals surface area contributed by atoms with Gasteiger partial charge in [0.05, 0.1) is 6.04 Å². The maximum Gasteiger partial charge on any atom is 0.326 e. The van der Waals surface area contributed by atoms with Crippen LogP contribution in [0.4, 0.5) is 0 Å². The highest BCUT2D eigenvalue weighted by Gasteiger charge is 2.38. The summed E-state index contributed by atoms with van der Waals surface area (Å²) in [6.07, 6.45) is 3.21. The fourth-order valence-corrected chi connectivity index (χ4v) is 3.70. The van der Waals surface area contributed by atoms with E-state index in [1.807, 2.05) is 6.26 Å². The molecule has 0 aromatic rings. The first-order valence-corrected chi connectivity index (χ1v) is 11.5. The Labute approximate surface area is 179 Å². The number of nitrogens with two attached hydrogens (primary N) is 1. The van der Waals surface area contributed by atoms with Crippen molar-refractivity contribution in [2.45, 2.75) is 43.4 Å². The van der Waals surface area contributed by atoms with E-state index < -0.39 is 47.9 Å². The number of carbonyl (C=O) groups excluding carboxylic acids is 3. The Balaban J connectivity index is 2.85.